The van der Waals surface area contributed by atoms with Gasteiger partial charge in [-0.05, 0) is 31.1 Å². The molecule has 7 nitrogen and oxygen atoms in total. The predicted octanol–water partition coefficient (Wildman–Crippen LogP) is 1.35. The summed E-state index contributed by atoms with van der Waals surface area (Å²) in [5, 5.41) is 14.1. The summed E-state index contributed by atoms with van der Waals surface area (Å²) < 4.78 is 0. The second-order valence-corrected chi connectivity index (χ2v) is 6.30. The van der Waals surface area contributed by atoms with E-state index in [4.69, 9.17) is 10.8 Å². The van der Waals surface area contributed by atoms with Gasteiger partial charge in [-0.2, -0.15) is 0 Å². The molecule has 22 heavy (non-hydrogen) atoms. The Hall–Kier alpha value is -2.05. The molecule has 5 N–H and O–H groups in total. The van der Waals surface area contributed by atoms with Crippen LogP contribution in [0.3, 0.4) is 0 Å². The van der Waals surface area contributed by atoms with Crippen molar-refractivity contribution in [1.82, 2.24) is 10.6 Å². The van der Waals surface area contributed by atoms with E-state index in [1.54, 1.807) is 0 Å². The molecule has 3 amide bonds. The highest BCUT2D eigenvalue weighted by Gasteiger charge is 2.50. The molecule has 124 valence electrons. The Balaban J connectivity index is 2.29. The van der Waals surface area contributed by atoms with E-state index in [2.05, 4.69) is 10.6 Å². The van der Waals surface area contributed by atoms with E-state index in [-0.39, 0.29) is 22.9 Å². The van der Waals surface area contributed by atoms with E-state index in [9.17, 15) is 14.4 Å². The summed E-state index contributed by atoms with van der Waals surface area (Å²) in [7, 11) is 0. The summed E-state index contributed by atoms with van der Waals surface area (Å²) in [6.07, 6.45) is 5.29. The van der Waals surface area contributed by atoms with E-state index in [0.717, 1.165) is 25.7 Å². The van der Waals surface area contributed by atoms with E-state index in [1.165, 1.54) is 6.08 Å². The van der Waals surface area contributed by atoms with Gasteiger partial charge in [-0.1, -0.05) is 26.3 Å². The molecular formula is C15H25N3O4. The number of rotatable bonds is 9. The number of nitrogens with one attached hydrogen (secondary N) is 2. The zero-order valence-electron chi connectivity index (χ0n) is 13.1. The van der Waals surface area contributed by atoms with E-state index in [1.807, 2.05) is 13.8 Å². The van der Waals surface area contributed by atoms with Gasteiger partial charge in [-0.3, -0.25) is 4.79 Å². The highest BCUT2D eigenvalue weighted by atomic mass is 16.4. The van der Waals surface area contributed by atoms with Crippen LogP contribution in [-0.2, 0) is 9.59 Å². The largest absolute Gasteiger partial charge is 0.477 e. The maximum Gasteiger partial charge on any atom is 0.352 e. The number of urea groups is 1. The van der Waals surface area contributed by atoms with Gasteiger partial charge in [0.05, 0.1) is 0 Å². The van der Waals surface area contributed by atoms with Crippen molar-refractivity contribution in [2.24, 2.45) is 17.1 Å². The number of unbranched alkanes of at least 4 members (excludes halogenated alkanes) is 3. The number of carbonyl (C=O) groups is 3. The number of carboxylic acids is 1. The van der Waals surface area contributed by atoms with Gasteiger partial charge >= 0.3 is 12.0 Å². The number of allylic oxidation sites excluding steroid dienone is 1. The highest BCUT2D eigenvalue weighted by Crippen LogP contribution is 2.51. The summed E-state index contributed by atoms with van der Waals surface area (Å²) in [6.45, 7) is 4.49. The minimum atomic E-state index is -1.12. The predicted molar refractivity (Wildman–Crippen MR) is 81.8 cm³/mol. The first-order chi connectivity index (χ1) is 10.2. The number of hydrogen-bond donors (Lipinski definition) is 4. The Kier molecular flexibility index (Phi) is 6.39. The molecule has 0 aromatic rings. The van der Waals surface area contributed by atoms with Gasteiger partial charge in [0.15, 0.2) is 0 Å². The molecule has 0 bridgehead atoms. The molecule has 0 aliphatic heterocycles. The second kappa shape index (κ2) is 7.82. The lowest BCUT2D eigenvalue weighted by Crippen LogP contribution is -2.30. The third-order valence-corrected chi connectivity index (χ3v) is 3.85. The van der Waals surface area contributed by atoms with Crippen LogP contribution in [0.2, 0.25) is 0 Å². The summed E-state index contributed by atoms with van der Waals surface area (Å²) in [5.41, 5.74) is 4.86. The molecule has 0 aromatic carbocycles. The molecular weight excluding hydrogens is 286 g/mol. The van der Waals surface area contributed by atoms with Gasteiger partial charge in [0.25, 0.3) is 0 Å². The van der Waals surface area contributed by atoms with Gasteiger partial charge in [0.2, 0.25) is 5.91 Å². The fourth-order valence-corrected chi connectivity index (χ4v) is 2.23. The maximum absolute atomic E-state index is 11.9. The number of hydrogen-bond acceptors (Lipinski definition) is 3. The van der Waals surface area contributed by atoms with E-state index >= 15 is 0 Å². The van der Waals surface area contributed by atoms with Crippen molar-refractivity contribution < 1.29 is 19.5 Å². The Morgan fingerprint density at radius 1 is 1.27 bits per heavy atom. The smallest absolute Gasteiger partial charge is 0.352 e. The fraction of sp³-hybridized carbons (Fsp3) is 0.667. The molecule has 7 heteroatoms. The average Bonchev–Trinajstić information content (AvgIpc) is 3.04. The molecule has 0 heterocycles. The Morgan fingerprint density at radius 2 is 1.91 bits per heavy atom. The quantitative estimate of drug-likeness (QED) is 0.379. The normalized spacial score (nSPS) is 19.4. The lowest BCUT2D eigenvalue weighted by atomic mass is 10.1. The highest BCUT2D eigenvalue weighted by molar-refractivity contribution is 5.94. The van der Waals surface area contributed by atoms with Crippen LogP contribution in [0.1, 0.15) is 46.0 Å². The molecule has 0 radical (unpaired) electrons. The van der Waals surface area contributed by atoms with Gasteiger partial charge in [-0.15, -0.1) is 0 Å². The van der Waals surface area contributed by atoms with Gasteiger partial charge < -0.3 is 21.5 Å². The van der Waals surface area contributed by atoms with Crippen molar-refractivity contribution in [3.63, 3.8) is 0 Å². The number of carboxylic acid groups (broad SMARTS) is 1. The van der Waals surface area contributed by atoms with Crippen LogP contribution in [0.5, 0.6) is 0 Å². The summed E-state index contributed by atoms with van der Waals surface area (Å²) in [4.78, 5) is 33.5. The van der Waals surface area contributed by atoms with E-state index < -0.39 is 12.0 Å². The number of nitrogens with two attached hydrogens (primary N) is 1. The molecule has 0 aromatic heterocycles. The second-order valence-electron chi connectivity index (χ2n) is 6.30. The van der Waals surface area contributed by atoms with Gasteiger partial charge in [0, 0.05) is 12.5 Å². The summed E-state index contributed by atoms with van der Waals surface area (Å²) in [5.74, 6) is -1.44. The van der Waals surface area contributed by atoms with Crippen LogP contribution in [0.25, 0.3) is 0 Å². The first-order valence-electron chi connectivity index (χ1n) is 7.51. The lowest BCUT2D eigenvalue weighted by Gasteiger charge is -2.07. The van der Waals surface area contributed by atoms with Crippen LogP contribution in [0.4, 0.5) is 4.79 Å². The minimum absolute atomic E-state index is 0.0267. The fourth-order valence-electron chi connectivity index (χ4n) is 2.23. The van der Waals surface area contributed by atoms with E-state index in [0.29, 0.717) is 13.0 Å². The third kappa shape index (κ3) is 6.15. The molecule has 1 fully saturated rings. The number of aliphatic carboxylic acids is 1. The third-order valence-electron chi connectivity index (χ3n) is 3.85. The van der Waals surface area contributed by atoms with Gasteiger partial charge in [0.1, 0.15) is 5.70 Å². The first-order valence-corrected chi connectivity index (χ1v) is 7.51. The Morgan fingerprint density at radius 3 is 2.41 bits per heavy atom. The lowest BCUT2D eigenvalue weighted by molar-refractivity contribution is -0.135. The monoisotopic (exact) mass is 311 g/mol. The molecule has 1 aliphatic carbocycles. The zero-order chi connectivity index (χ0) is 16.8. The summed E-state index contributed by atoms with van der Waals surface area (Å²) in [6, 6.07) is -0.543. The number of amides is 3. The summed E-state index contributed by atoms with van der Waals surface area (Å²) >= 11 is 0. The number of primary amides is 1. The van der Waals surface area contributed by atoms with Crippen LogP contribution in [0, 0.1) is 11.3 Å². The van der Waals surface area contributed by atoms with Crippen molar-refractivity contribution in [3.8, 4) is 0 Å². The van der Waals surface area contributed by atoms with Crippen molar-refractivity contribution >= 4 is 17.9 Å². The molecule has 1 aliphatic rings. The van der Waals surface area contributed by atoms with Crippen LogP contribution >= 0.6 is 0 Å². The molecule has 1 rings (SSSR count). The topological polar surface area (TPSA) is 122 Å². The Bertz CT molecular complexity index is 471. The molecule has 0 spiro atoms. The SMILES string of the molecule is CC1(C)CC1C(=O)NC(=CCCCCCNC(N)=O)C(=O)O. The average molecular weight is 311 g/mol. The van der Waals surface area contributed by atoms with Crippen LogP contribution in [-0.4, -0.2) is 29.6 Å². The first kappa shape index (κ1) is 18.0. The standard InChI is InChI=1S/C15H25N3O4/c1-15(2)9-10(15)12(19)18-11(13(20)21)7-5-3-4-6-8-17-14(16)22/h7,10H,3-6,8-9H2,1-2H3,(H,18,19)(H,20,21)(H3,16,17,22). The van der Waals surface area contributed by atoms with Crippen LogP contribution in [0.15, 0.2) is 11.8 Å². The van der Waals surface area contributed by atoms with Crippen molar-refractivity contribution in [2.75, 3.05) is 6.54 Å². The van der Waals surface area contributed by atoms with Crippen LogP contribution < -0.4 is 16.4 Å². The molecule has 1 atom stereocenters. The maximum atomic E-state index is 11.9. The van der Waals surface area contributed by atoms with Gasteiger partial charge in [-0.25, -0.2) is 9.59 Å². The van der Waals surface area contributed by atoms with Crippen molar-refractivity contribution in [1.29, 1.82) is 0 Å². The molecule has 0 saturated heterocycles. The molecule has 1 unspecified atom stereocenters. The number of carbonyl (C=O) groups excluding carboxylic acids is 2. The Labute approximate surface area is 130 Å². The zero-order valence-corrected chi connectivity index (χ0v) is 13.1. The molecule has 1 saturated carbocycles. The van der Waals surface area contributed by atoms with Crippen molar-refractivity contribution in [2.45, 2.75) is 46.0 Å². The van der Waals surface area contributed by atoms with Crippen molar-refractivity contribution in [3.05, 3.63) is 11.8 Å². The minimum Gasteiger partial charge on any atom is -0.477 e.